The topological polar surface area (TPSA) is 139 Å². The standard InChI is InChI=1S/C22H21Cl2F4N5O6S/c1-9(22(26,27)28)29-20(35)21(36)33-6-10-8-39-16-15(19(34)30-11-3-4-13(25)12(23)5-11)32(2)18(24)17(16)40(37,38)31-14(10)7-33/h3-5,9-10,14,31H,6-8H2,1-2H3,(H,29,35)(H,30,34)/t9-,10+,14+/m1/s1. The zero-order valence-electron chi connectivity index (χ0n) is 20.6. The van der Waals surface area contributed by atoms with E-state index in [-0.39, 0.29) is 41.3 Å². The predicted molar refractivity (Wildman–Crippen MR) is 133 cm³/mol. The van der Waals surface area contributed by atoms with Gasteiger partial charge >= 0.3 is 18.0 Å². The second-order valence-corrected chi connectivity index (χ2v) is 11.6. The van der Waals surface area contributed by atoms with E-state index in [1.54, 1.807) is 5.32 Å². The van der Waals surface area contributed by atoms with Crippen molar-refractivity contribution in [2.45, 2.75) is 30.1 Å². The molecule has 0 aliphatic carbocycles. The van der Waals surface area contributed by atoms with Gasteiger partial charge in [-0.1, -0.05) is 23.2 Å². The first-order chi connectivity index (χ1) is 18.5. The molecule has 1 saturated heterocycles. The van der Waals surface area contributed by atoms with Crippen molar-refractivity contribution in [1.82, 2.24) is 19.5 Å². The number of anilines is 1. The second kappa shape index (κ2) is 10.7. The maximum Gasteiger partial charge on any atom is 0.408 e. The van der Waals surface area contributed by atoms with E-state index in [0.29, 0.717) is 6.92 Å². The fraction of sp³-hybridized carbons (Fsp3) is 0.409. The van der Waals surface area contributed by atoms with E-state index < -0.39 is 68.4 Å². The van der Waals surface area contributed by atoms with Gasteiger partial charge in [-0.25, -0.2) is 17.5 Å². The van der Waals surface area contributed by atoms with Crippen molar-refractivity contribution in [3.05, 3.63) is 39.9 Å². The number of amides is 3. The average Bonchev–Trinajstić information content (AvgIpc) is 3.35. The number of hydrogen-bond acceptors (Lipinski definition) is 6. The summed E-state index contributed by atoms with van der Waals surface area (Å²) in [6.07, 6.45) is -4.77. The number of nitrogens with one attached hydrogen (secondary N) is 3. The maximum absolute atomic E-state index is 13.5. The molecular weight excluding hydrogens is 609 g/mol. The van der Waals surface area contributed by atoms with Gasteiger partial charge in [-0.15, -0.1) is 0 Å². The summed E-state index contributed by atoms with van der Waals surface area (Å²) in [5, 5.41) is 3.38. The number of sulfonamides is 1. The molecular formula is C22H21Cl2F4N5O6S. The highest BCUT2D eigenvalue weighted by Crippen LogP contribution is 2.40. The van der Waals surface area contributed by atoms with Gasteiger partial charge in [0.2, 0.25) is 10.0 Å². The van der Waals surface area contributed by atoms with Crippen LogP contribution < -0.4 is 20.1 Å². The number of ether oxygens (including phenoxy) is 1. The van der Waals surface area contributed by atoms with Gasteiger partial charge < -0.3 is 24.8 Å². The van der Waals surface area contributed by atoms with E-state index >= 15 is 0 Å². The Labute approximate surface area is 234 Å². The first-order valence-corrected chi connectivity index (χ1v) is 13.7. The number of hydrogen-bond donors (Lipinski definition) is 3. The number of rotatable bonds is 3. The smallest absolute Gasteiger partial charge is 0.408 e. The minimum atomic E-state index is -4.77. The Morgan fingerprint density at radius 3 is 2.50 bits per heavy atom. The number of alkyl halides is 3. The first-order valence-electron chi connectivity index (χ1n) is 11.5. The summed E-state index contributed by atoms with van der Waals surface area (Å²) in [4.78, 5) is 38.1. The summed E-state index contributed by atoms with van der Waals surface area (Å²) >= 11 is 12.0. The highest BCUT2D eigenvalue weighted by molar-refractivity contribution is 7.89. The van der Waals surface area contributed by atoms with Gasteiger partial charge in [0.1, 0.15) is 17.0 Å². The number of halogens is 6. The summed E-state index contributed by atoms with van der Waals surface area (Å²) in [6, 6.07) is 0.123. The number of carbonyl (C=O) groups excluding carboxylic acids is 3. The molecule has 3 atom stereocenters. The van der Waals surface area contributed by atoms with Crippen molar-refractivity contribution in [3.63, 3.8) is 0 Å². The van der Waals surface area contributed by atoms with Crippen molar-refractivity contribution in [2.24, 2.45) is 13.0 Å². The molecule has 2 aliphatic heterocycles. The third kappa shape index (κ3) is 5.70. The molecule has 2 aliphatic rings. The van der Waals surface area contributed by atoms with E-state index in [1.807, 2.05) is 0 Å². The zero-order valence-corrected chi connectivity index (χ0v) is 22.9. The molecule has 18 heteroatoms. The van der Waals surface area contributed by atoms with Crippen LogP contribution in [0.5, 0.6) is 5.75 Å². The van der Waals surface area contributed by atoms with Gasteiger partial charge in [0.05, 0.1) is 11.6 Å². The van der Waals surface area contributed by atoms with Crippen LogP contribution in [0.25, 0.3) is 0 Å². The van der Waals surface area contributed by atoms with Gasteiger partial charge in [0.15, 0.2) is 16.3 Å². The SMILES string of the molecule is C[C@@H](NC(=O)C(=O)N1C[C@H]2COc3c(c(Cl)n(C)c3C(=O)Nc3ccc(F)c(Cl)c3)S(=O)(=O)N[C@H]2C1)C(F)(F)F. The highest BCUT2D eigenvalue weighted by atomic mass is 35.5. The fourth-order valence-corrected chi connectivity index (χ4v) is 6.46. The molecule has 1 fully saturated rings. The molecule has 218 valence electrons. The van der Waals surface area contributed by atoms with Crippen LogP contribution in [-0.4, -0.2) is 73.6 Å². The molecule has 2 aromatic rings. The van der Waals surface area contributed by atoms with Crippen LogP contribution in [0.2, 0.25) is 10.2 Å². The first kappa shape index (κ1) is 29.9. The summed E-state index contributed by atoms with van der Waals surface area (Å²) in [5.74, 6) is -5.51. The molecule has 0 radical (unpaired) electrons. The van der Waals surface area contributed by atoms with Gasteiger partial charge in [0, 0.05) is 37.8 Å². The molecule has 1 aromatic carbocycles. The molecule has 3 N–H and O–H groups in total. The minimum absolute atomic E-state index is 0.0948. The van der Waals surface area contributed by atoms with Gasteiger partial charge in [-0.2, -0.15) is 13.2 Å². The summed E-state index contributed by atoms with van der Waals surface area (Å²) < 4.78 is 87.7. The molecule has 0 saturated carbocycles. The van der Waals surface area contributed by atoms with Crippen molar-refractivity contribution >= 4 is 56.6 Å². The van der Waals surface area contributed by atoms with Crippen LogP contribution in [0.15, 0.2) is 23.1 Å². The van der Waals surface area contributed by atoms with E-state index in [2.05, 4.69) is 10.0 Å². The lowest BCUT2D eigenvalue weighted by Crippen LogP contribution is -2.50. The number of carbonyl (C=O) groups is 3. The molecule has 3 amide bonds. The molecule has 1 aromatic heterocycles. The Balaban J connectivity index is 1.58. The Morgan fingerprint density at radius 2 is 1.88 bits per heavy atom. The Hall–Kier alpha value is -3.08. The Bertz CT molecular complexity index is 1500. The minimum Gasteiger partial charge on any atom is -0.489 e. The lowest BCUT2D eigenvalue weighted by Gasteiger charge is -2.23. The molecule has 3 heterocycles. The van der Waals surface area contributed by atoms with E-state index in [1.165, 1.54) is 13.1 Å². The van der Waals surface area contributed by atoms with Crippen molar-refractivity contribution in [3.8, 4) is 5.75 Å². The van der Waals surface area contributed by atoms with Crippen LogP contribution in [0.4, 0.5) is 23.2 Å². The quantitative estimate of drug-likeness (QED) is 0.352. The molecule has 0 unspecified atom stereocenters. The Morgan fingerprint density at radius 1 is 1.20 bits per heavy atom. The number of benzene rings is 1. The summed E-state index contributed by atoms with van der Waals surface area (Å²) in [7, 11) is -3.16. The van der Waals surface area contributed by atoms with Crippen LogP contribution in [0.3, 0.4) is 0 Å². The Kier molecular flexibility index (Phi) is 8.01. The summed E-state index contributed by atoms with van der Waals surface area (Å²) in [6.45, 7) is -0.151. The van der Waals surface area contributed by atoms with E-state index in [0.717, 1.165) is 21.6 Å². The van der Waals surface area contributed by atoms with Crippen molar-refractivity contribution < 1.29 is 45.1 Å². The highest BCUT2D eigenvalue weighted by Gasteiger charge is 2.45. The van der Waals surface area contributed by atoms with E-state index in [4.69, 9.17) is 27.9 Å². The van der Waals surface area contributed by atoms with E-state index in [9.17, 15) is 40.4 Å². The number of aromatic nitrogens is 1. The number of likely N-dealkylation sites (tertiary alicyclic amines) is 1. The number of nitrogens with zero attached hydrogens (tertiary/aromatic N) is 2. The largest absolute Gasteiger partial charge is 0.489 e. The second-order valence-electron chi connectivity index (χ2n) is 9.19. The van der Waals surface area contributed by atoms with Crippen LogP contribution in [0, 0.1) is 11.7 Å². The third-order valence-corrected chi connectivity index (χ3v) is 8.78. The third-order valence-electron chi connectivity index (χ3n) is 6.41. The zero-order chi connectivity index (χ0) is 29.7. The van der Waals surface area contributed by atoms with Gasteiger partial charge in [-0.05, 0) is 25.1 Å². The lowest BCUT2D eigenvalue weighted by atomic mass is 10.1. The lowest BCUT2D eigenvalue weighted by molar-refractivity contribution is -0.162. The summed E-state index contributed by atoms with van der Waals surface area (Å²) in [5.41, 5.74) is -0.201. The maximum atomic E-state index is 13.5. The van der Waals surface area contributed by atoms with Crippen LogP contribution in [-0.2, 0) is 26.7 Å². The van der Waals surface area contributed by atoms with Crippen LogP contribution >= 0.6 is 23.2 Å². The van der Waals surface area contributed by atoms with Crippen molar-refractivity contribution in [1.29, 1.82) is 0 Å². The van der Waals surface area contributed by atoms with Crippen molar-refractivity contribution in [2.75, 3.05) is 25.0 Å². The molecule has 11 nitrogen and oxygen atoms in total. The average molecular weight is 630 g/mol. The van der Waals surface area contributed by atoms with Gasteiger partial charge in [0.25, 0.3) is 5.91 Å². The van der Waals surface area contributed by atoms with Gasteiger partial charge in [-0.3, -0.25) is 14.4 Å². The molecule has 0 bridgehead atoms. The number of fused-ring (bicyclic) bond motifs is 2. The monoisotopic (exact) mass is 629 g/mol. The molecule has 40 heavy (non-hydrogen) atoms. The molecule has 0 spiro atoms. The predicted octanol–water partition coefficient (Wildman–Crippen LogP) is 2.29. The van der Waals surface area contributed by atoms with Crippen LogP contribution in [0.1, 0.15) is 17.4 Å². The molecule has 4 rings (SSSR count). The fourth-order valence-electron chi connectivity index (χ4n) is 4.26. The normalized spacial score (nSPS) is 20.9.